The van der Waals surface area contributed by atoms with Crippen LogP contribution in [0.4, 0.5) is 5.69 Å². The number of hydrazine groups is 1. The number of carbonyl (C=O) groups is 1. The van der Waals surface area contributed by atoms with Crippen LogP contribution in [-0.4, -0.2) is 42.9 Å². The lowest BCUT2D eigenvalue weighted by atomic mass is 10.1. The summed E-state index contributed by atoms with van der Waals surface area (Å²) in [5, 5.41) is 3.49. The fraction of sp³-hybridized carbons (Fsp3) is 0.556. The summed E-state index contributed by atoms with van der Waals surface area (Å²) in [5.74, 6) is -0.0654. The van der Waals surface area contributed by atoms with Gasteiger partial charge in [0.05, 0.1) is 13.0 Å². The molecule has 1 aromatic rings. The summed E-state index contributed by atoms with van der Waals surface area (Å²) >= 11 is 5.24. The Labute approximate surface area is 155 Å². The van der Waals surface area contributed by atoms with Gasteiger partial charge in [0.25, 0.3) is 0 Å². The first-order chi connectivity index (χ1) is 11.8. The van der Waals surface area contributed by atoms with Crippen LogP contribution in [0, 0.1) is 13.8 Å². The number of rotatable bonds is 4. The molecule has 1 aliphatic heterocycles. The standard InChI is InChI=1S/C18H28N4O2S/c1-12-6-5-7-16(15(12)4)19-18(25)21-20-17(23)8-9-22-10-13(2)24-14(3)11-22/h5-7,13-14H,8-11H2,1-4H3,(H,20,23)(H2,19,21,25)/p+1/t13-,14+. The van der Waals surface area contributed by atoms with Gasteiger partial charge in [0.2, 0.25) is 5.91 Å². The van der Waals surface area contributed by atoms with Gasteiger partial charge in [-0.3, -0.25) is 15.6 Å². The molecule has 7 heteroatoms. The van der Waals surface area contributed by atoms with Crippen molar-refractivity contribution in [2.45, 2.75) is 46.3 Å². The third-order valence-corrected chi connectivity index (χ3v) is 4.69. The van der Waals surface area contributed by atoms with E-state index in [0.717, 1.165) is 30.9 Å². The molecule has 0 aliphatic carbocycles. The van der Waals surface area contributed by atoms with Crippen molar-refractivity contribution in [3.05, 3.63) is 29.3 Å². The molecule has 1 aromatic carbocycles. The van der Waals surface area contributed by atoms with Crippen LogP contribution in [-0.2, 0) is 9.53 Å². The van der Waals surface area contributed by atoms with Crippen molar-refractivity contribution in [2.24, 2.45) is 0 Å². The van der Waals surface area contributed by atoms with Gasteiger partial charge < -0.3 is 15.0 Å². The zero-order chi connectivity index (χ0) is 18.4. The van der Waals surface area contributed by atoms with Gasteiger partial charge in [0, 0.05) is 5.69 Å². The second-order valence-electron chi connectivity index (χ2n) is 6.79. The third-order valence-electron chi connectivity index (χ3n) is 4.49. The summed E-state index contributed by atoms with van der Waals surface area (Å²) in [5.41, 5.74) is 8.69. The van der Waals surface area contributed by atoms with Crippen molar-refractivity contribution in [1.82, 2.24) is 10.9 Å². The van der Waals surface area contributed by atoms with E-state index >= 15 is 0 Å². The summed E-state index contributed by atoms with van der Waals surface area (Å²) < 4.78 is 5.72. The lowest BCUT2D eigenvalue weighted by Crippen LogP contribution is -3.15. The number of hydrogen-bond acceptors (Lipinski definition) is 3. The Bertz CT molecular complexity index is 613. The third kappa shape index (κ3) is 6.26. The van der Waals surface area contributed by atoms with E-state index in [1.807, 2.05) is 19.1 Å². The number of morpholine rings is 1. The van der Waals surface area contributed by atoms with Gasteiger partial charge in [-0.2, -0.15) is 0 Å². The number of aryl methyl sites for hydroxylation is 1. The molecular formula is C18H29N4O2S+. The van der Waals surface area contributed by atoms with Crippen LogP contribution in [0.5, 0.6) is 0 Å². The van der Waals surface area contributed by atoms with E-state index in [1.165, 1.54) is 10.5 Å². The van der Waals surface area contributed by atoms with Gasteiger partial charge in [-0.25, -0.2) is 0 Å². The predicted molar refractivity (Wildman–Crippen MR) is 104 cm³/mol. The second-order valence-corrected chi connectivity index (χ2v) is 7.20. The van der Waals surface area contributed by atoms with Crippen LogP contribution >= 0.6 is 12.2 Å². The Morgan fingerprint density at radius 2 is 1.92 bits per heavy atom. The van der Waals surface area contributed by atoms with Crippen molar-refractivity contribution >= 4 is 28.9 Å². The second kappa shape index (κ2) is 9.12. The van der Waals surface area contributed by atoms with Crippen molar-refractivity contribution in [2.75, 3.05) is 25.0 Å². The fourth-order valence-corrected chi connectivity index (χ4v) is 3.27. The maximum absolute atomic E-state index is 12.0. The monoisotopic (exact) mass is 365 g/mol. The number of amides is 1. The van der Waals surface area contributed by atoms with Gasteiger partial charge in [-0.05, 0) is 57.1 Å². The molecule has 25 heavy (non-hydrogen) atoms. The van der Waals surface area contributed by atoms with Crippen molar-refractivity contribution < 1.29 is 14.4 Å². The van der Waals surface area contributed by atoms with E-state index in [2.05, 4.69) is 43.0 Å². The Balaban J connectivity index is 1.70. The van der Waals surface area contributed by atoms with Gasteiger partial charge in [0.1, 0.15) is 25.3 Å². The molecule has 0 saturated carbocycles. The Morgan fingerprint density at radius 1 is 1.24 bits per heavy atom. The highest BCUT2D eigenvalue weighted by molar-refractivity contribution is 7.80. The van der Waals surface area contributed by atoms with Crippen LogP contribution in [0.1, 0.15) is 31.4 Å². The SMILES string of the molecule is Cc1cccc(NC(=S)NNC(=O)CC[NH+]2C[C@@H](C)O[C@@H](C)C2)c1C. The normalized spacial score (nSPS) is 23.0. The van der Waals surface area contributed by atoms with E-state index < -0.39 is 0 Å². The number of anilines is 1. The van der Waals surface area contributed by atoms with E-state index in [0.29, 0.717) is 11.5 Å². The molecule has 0 radical (unpaired) electrons. The molecule has 1 amide bonds. The van der Waals surface area contributed by atoms with E-state index in [1.54, 1.807) is 0 Å². The molecule has 1 saturated heterocycles. The molecule has 6 nitrogen and oxygen atoms in total. The average molecular weight is 366 g/mol. The highest BCUT2D eigenvalue weighted by Gasteiger charge is 2.25. The van der Waals surface area contributed by atoms with Crippen LogP contribution in [0.2, 0.25) is 0 Å². The van der Waals surface area contributed by atoms with Gasteiger partial charge in [-0.15, -0.1) is 0 Å². The molecule has 1 fully saturated rings. The number of quaternary nitrogens is 1. The van der Waals surface area contributed by atoms with E-state index in [4.69, 9.17) is 17.0 Å². The minimum absolute atomic E-state index is 0.0654. The molecular weight excluding hydrogens is 336 g/mol. The van der Waals surface area contributed by atoms with Crippen LogP contribution in [0.25, 0.3) is 0 Å². The Kier molecular flexibility index (Phi) is 7.16. The zero-order valence-electron chi connectivity index (χ0n) is 15.4. The quantitative estimate of drug-likeness (QED) is 0.467. The van der Waals surface area contributed by atoms with E-state index in [-0.39, 0.29) is 18.1 Å². The van der Waals surface area contributed by atoms with Gasteiger partial charge >= 0.3 is 0 Å². The minimum atomic E-state index is -0.0654. The molecule has 138 valence electrons. The lowest BCUT2D eigenvalue weighted by molar-refractivity contribution is -0.914. The maximum Gasteiger partial charge on any atom is 0.244 e. The molecule has 0 bridgehead atoms. The minimum Gasteiger partial charge on any atom is -0.364 e. The molecule has 0 aromatic heterocycles. The Morgan fingerprint density at radius 3 is 2.60 bits per heavy atom. The van der Waals surface area contributed by atoms with Crippen molar-refractivity contribution in [3.63, 3.8) is 0 Å². The highest BCUT2D eigenvalue weighted by atomic mass is 32.1. The maximum atomic E-state index is 12.0. The zero-order valence-corrected chi connectivity index (χ0v) is 16.3. The van der Waals surface area contributed by atoms with Crippen LogP contribution in [0.15, 0.2) is 18.2 Å². The largest absolute Gasteiger partial charge is 0.364 e. The topological polar surface area (TPSA) is 66.8 Å². The van der Waals surface area contributed by atoms with Crippen molar-refractivity contribution in [1.29, 1.82) is 0 Å². The van der Waals surface area contributed by atoms with Crippen LogP contribution < -0.4 is 21.1 Å². The molecule has 4 N–H and O–H groups in total. The first kappa shape index (κ1) is 19.6. The molecule has 1 heterocycles. The number of hydrogen-bond donors (Lipinski definition) is 4. The summed E-state index contributed by atoms with van der Waals surface area (Å²) in [7, 11) is 0. The molecule has 3 atom stereocenters. The Hall–Kier alpha value is -1.70. The number of benzene rings is 1. The summed E-state index contributed by atoms with van der Waals surface area (Å²) in [6, 6.07) is 5.98. The smallest absolute Gasteiger partial charge is 0.244 e. The van der Waals surface area contributed by atoms with Gasteiger partial charge in [0.15, 0.2) is 5.11 Å². The average Bonchev–Trinajstić information content (AvgIpc) is 2.54. The number of carbonyl (C=O) groups excluding carboxylic acids is 1. The van der Waals surface area contributed by atoms with Crippen molar-refractivity contribution in [3.8, 4) is 0 Å². The molecule has 0 spiro atoms. The number of nitrogens with one attached hydrogen (secondary N) is 4. The lowest BCUT2D eigenvalue weighted by Gasteiger charge is -2.32. The molecule has 1 unspecified atom stereocenters. The summed E-state index contributed by atoms with van der Waals surface area (Å²) in [6.07, 6.45) is 0.942. The molecule has 1 aliphatic rings. The van der Waals surface area contributed by atoms with Gasteiger partial charge in [-0.1, -0.05) is 12.1 Å². The summed E-state index contributed by atoms with van der Waals surface area (Å²) in [6.45, 7) is 10.9. The van der Waals surface area contributed by atoms with Crippen LogP contribution in [0.3, 0.4) is 0 Å². The first-order valence-electron chi connectivity index (χ1n) is 8.76. The first-order valence-corrected chi connectivity index (χ1v) is 9.17. The predicted octanol–water partition coefficient (Wildman–Crippen LogP) is 0.703. The summed E-state index contributed by atoms with van der Waals surface area (Å²) in [4.78, 5) is 13.4. The number of thiocarbonyl (C=S) groups is 1. The fourth-order valence-electron chi connectivity index (χ4n) is 3.11. The number of ether oxygens (including phenoxy) is 1. The van der Waals surface area contributed by atoms with E-state index in [9.17, 15) is 4.79 Å². The highest BCUT2D eigenvalue weighted by Crippen LogP contribution is 2.17. The molecule has 2 rings (SSSR count).